The molecular formula is C26H32ClN3O4S. The number of ether oxygens (including phenoxy) is 1. The van der Waals surface area contributed by atoms with Crippen molar-refractivity contribution in [2.24, 2.45) is 0 Å². The number of halogens is 1. The Bertz CT molecular complexity index is 1050. The lowest BCUT2D eigenvalue weighted by atomic mass is 10.0. The van der Waals surface area contributed by atoms with Crippen LogP contribution in [0, 0.1) is 6.92 Å². The molecule has 3 amide bonds. The van der Waals surface area contributed by atoms with Crippen LogP contribution in [-0.2, 0) is 14.3 Å². The van der Waals surface area contributed by atoms with Crippen LogP contribution in [0.2, 0.25) is 5.02 Å². The minimum absolute atomic E-state index is 0.0496. The summed E-state index contributed by atoms with van der Waals surface area (Å²) in [5, 5.41) is 5.96. The zero-order valence-corrected chi connectivity index (χ0v) is 22.0. The molecule has 1 saturated carbocycles. The summed E-state index contributed by atoms with van der Waals surface area (Å²) in [5.41, 5.74) is 1.25. The Balaban J connectivity index is 1.94. The van der Waals surface area contributed by atoms with Crippen LogP contribution in [-0.4, -0.2) is 46.2 Å². The lowest BCUT2D eigenvalue weighted by Crippen LogP contribution is -2.54. The molecule has 7 nitrogen and oxygen atoms in total. The molecule has 0 heterocycles. The van der Waals surface area contributed by atoms with Crippen LogP contribution in [0.5, 0.6) is 0 Å². The molecule has 188 valence electrons. The fourth-order valence-electron chi connectivity index (χ4n) is 3.74. The van der Waals surface area contributed by atoms with Gasteiger partial charge in [-0.25, -0.2) is 4.79 Å². The average Bonchev–Trinajstić information content (AvgIpc) is 3.62. The van der Waals surface area contributed by atoms with Gasteiger partial charge in [0, 0.05) is 11.8 Å². The first-order valence-corrected chi connectivity index (χ1v) is 12.6. The van der Waals surface area contributed by atoms with E-state index >= 15 is 0 Å². The molecule has 35 heavy (non-hydrogen) atoms. The van der Waals surface area contributed by atoms with E-state index in [1.807, 2.05) is 49.4 Å². The van der Waals surface area contributed by atoms with Gasteiger partial charge in [-0.1, -0.05) is 54.1 Å². The van der Waals surface area contributed by atoms with Gasteiger partial charge in [0.05, 0.1) is 10.7 Å². The molecule has 2 aromatic carbocycles. The number of nitrogens with zero attached hydrogens (tertiary/aromatic N) is 1. The van der Waals surface area contributed by atoms with Gasteiger partial charge in [0.15, 0.2) is 0 Å². The van der Waals surface area contributed by atoms with Crippen LogP contribution in [0.4, 0.5) is 10.5 Å². The van der Waals surface area contributed by atoms with E-state index in [-0.39, 0.29) is 17.7 Å². The van der Waals surface area contributed by atoms with Crippen molar-refractivity contribution in [3.63, 3.8) is 0 Å². The van der Waals surface area contributed by atoms with Gasteiger partial charge >= 0.3 is 6.09 Å². The SMILES string of the molecule is Cc1cccc(Cl)c1NC(=O)C(c1ccccc1)N(C(=O)C(CS)NC(=O)OC(C)(C)C)C1CC1. The number of carbonyl (C=O) groups is 3. The van der Waals surface area contributed by atoms with E-state index in [2.05, 4.69) is 23.3 Å². The highest BCUT2D eigenvalue weighted by atomic mass is 35.5. The predicted molar refractivity (Wildman–Crippen MR) is 141 cm³/mol. The van der Waals surface area contributed by atoms with Crippen LogP contribution in [0.1, 0.15) is 50.8 Å². The van der Waals surface area contributed by atoms with E-state index < -0.39 is 29.7 Å². The van der Waals surface area contributed by atoms with Gasteiger partial charge in [0.2, 0.25) is 5.91 Å². The molecule has 2 atom stereocenters. The fourth-order valence-corrected chi connectivity index (χ4v) is 4.26. The summed E-state index contributed by atoms with van der Waals surface area (Å²) in [6.07, 6.45) is 0.811. The number of rotatable bonds is 8. The minimum atomic E-state index is -0.963. The largest absolute Gasteiger partial charge is 0.444 e. The van der Waals surface area contributed by atoms with Gasteiger partial charge in [-0.15, -0.1) is 0 Å². The number of anilines is 1. The van der Waals surface area contributed by atoms with Gasteiger partial charge in [-0.05, 0) is 57.7 Å². The van der Waals surface area contributed by atoms with Crippen molar-refractivity contribution in [3.8, 4) is 0 Å². The van der Waals surface area contributed by atoms with Crippen molar-refractivity contribution in [2.75, 3.05) is 11.1 Å². The fraction of sp³-hybridized carbons (Fsp3) is 0.423. The lowest BCUT2D eigenvalue weighted by molar-refractivity contribution is -0.141. The van der Waals surface area contributed by atoms with Crippen molar-refractivity contribution in [1.82, 2.24) is 10.2 Å². The number of hydrogen-bond acceptors (Lipinski definition) is 5. The quantitative estimate of drug-likeness (QED) is 0.423. The van der Waals surface area contributed by atoms with Gasteiger partial charge in [0.25, 0.3) is 5.91 Å². The molecule has 3 rings (SSSR count). The van der Waals surface area contributed by atoms with Crippen molar-refractivity contribution < 1.29 is 19.1 Å². The zero-order chi connectivity index (χ0) is 25.8. The average molecular weight is 518 g/mol. The van der Waals surface area contributed by atoms with Gasteiger partial charge < -0.3 is 20.3 Å². The maximum Gasteiger partial charge on any atom is 0.408 e. The summed E-state index contributed by atoms with van der Waals surface area (Å²) in [4.78, 5) is 41.4. The second-order valence-corrected chi connectivity index (χ2v) is 10.4. The number of hydrogen-bond donors (Lipinski definition) is 3. The maximum atomic E-state index is 13.8. The highest BCUT2D eigenvalue weighted by Crippen LogP contribution is 2.37. The van der Waals surface area contributed by atoms with Gasteiger partial charge in [-0.2, -0.15) is 12.6 Å². The number of alkyl carbamates (subject to hydrolysis) is 1. The maximum absolute atomic E-state index is 13.8. The summed E-state index contributed by atoms with van der Waals surface area (Å²) in [5.74, 6) is -0.732. The summed E-state index contributed by atoms with van der Waals surface area (Å²) in [6, 6.07) is 12.5. The Morgan fingerprint density at radius 3 is 2.31 bits per heavy atom. The number of aryl methyl sites for hydroxylation is 1. The Morgan fingerprint density at radius 2 is 1.77 bits per heavy atom. The molecule has 2 aromatic rings. The molecule has 9 heteroatoms. The smallest absolute Gasteiger partial charge is 0.408 e. The second kappa shape index (κ2) is 11.4. The topological polar surface area (TPSA) is 87.7 Å². The first-order valence-electron chi connectivity index (χ1n) is 11.5. The van der Waals surface area contributed by atoms with Crippen molar-refractivity contribution >= 4 is 47.8 Å². The molecule has 1 aliphatic carbocycles. The van der Waals surface area contributed by atoms with E-state index in [1.54, 1.807) is 31.7 Å². The van der Waals surface area contributed by atoms with E-state index in [0.29, 0.717) is 16.3 Å². The van der Waals surface area contributed by atoms with Crippen LogP contribution in [0.3, 0.4) is 0 Å². The molecule has 0 spiro atoms. The Hall–Kier alpha value is -2.71. The third-order valence-electron chi connectivity index (χ3n) is 5.48. The highest BCUT2D eigenvalue weighted by Gasteiger charge is 2.44. The predicted octanol–water partition coefficient (Wildman–Crippen LogP) is 5.14. The van der Waals surface area contributed by atoms with Crippen LogP contribution < -0.4 is 10.6 Å². The molecule has 0 saturated heterocycles. The number of para-hydroxylation sites is 1. The standard InChI is InChI=1S/C26H32ClN3O4S/c1-16-9-8-12-19(27)21(16)29-23(31)22(17-10-6-5-7-11-17)30(18-13-14-18)24(32)20(15-35)28-25(33)34-26(2,3)4/h5-12,18,20,22,35H,13-15H2,1-4H3,(H,28,33)(H,29,31). The van der Waals surface area contributed by atoms with E-state index in [0.717, 1.165) is 18.4 Å². The van der Waals surface area contributed by atoms with E-state index in [9.17, 15) is 14.4 Å². The van der Waals surface area contributed by atoms with Gasteiger partial charge in [-0.3, -0.25) is 9.59 Å². The van der Waals surface area contributed by atoms with Crippen LogP contribution >= 0.6 is 24.2 Å². The molecule has 2 N–H and O–H groups in total. The molecule has 2 unspecified atom stereocenters. The summed E-state index contributed by atoms with van der Waals surface area (Å²) >= 11 is 10.7. The van der Waals surface area contributed by atoms with Crippen molar-refractivity contribution in [3.05, 3.63) is 64.7 Å². The molecule has 0 radical (unpaired) electrons. The van der Waals surface area contributed by atoms with E-state index in [1.165, 1.54) is 0 Å². The first-order chi connectivity index (χ1) is 16.5. The Morgan fingerprint density at radius 1 is 1.11 bits per heavy atom. The van der Waals surface area contributed by atoms with Gasteiger partial charge in [0.1, 0.15) is 17.7 Å². The second-order valence-electron chi connectivity index (χ2n) is 9.59. The number of thiol groups is 1. The number of nitrogens with one attached hydrogen (secondary N) is 2. The van der Waals surface area contributed by atoms with Crippen LogP contribution in [0.15, 0.2) is 48.5 Å². The number of benzene rings is 2. The monoisotopic (exact) mass is 517 g/mol. The third-order valence-corrected chi connectivity index (χ3v) is 6.16. The highest BCUT2D eigenvalue weighted by molar-refractivity contribution is 7.80. The molecule has 1 aliphatic rings. The molecule has 0 aliphatic heterocycles. The van der Waals surface area contributed by atoms with Crippen molar-refractivity contribution in [1.29, 1.82) is 0 Å². The minimum Gasteiger partial charge on any atom is -0.444 e. The summed E-state index contributed by atoms with van der Waals surface area (Å²) in [6.45, 7) is 7.08. The molecular weight excluding hydrogens is 486 g/mol. The van der Waals surface area contributed by atoms with Crippen LogP contribution in [0.25, 0.3) is 0 Å². The Labute approximate surface area is 217 Å². The number of amides is 3. The van der Waals surface area contributed by atoms with Crippen molar-refractivity contribution in [2.45, 2.75) is 64.3 Å². The normalized spacial score (nSPS) is 15.0. The Kier molecular flexibility index (Phi) is 8.72. The molecule has 1 fully saturated rings. The third kappa shape index (κ3) is 7.15. The lowest BCUT2D eigenvalue weighted by Gasteiger charge is -2.34. The molecule has 0 aromatic heterocycles. The number of carbonyl (C=O) groups excluding carboxylic acids is 3. The van der Waals surface area contributed by atoms with E-state index in [4.69, 9.17) is 16.3 Å². The first kappa shape index (κ1) is 26.9. The summed E-state index contributed by atoms with van der Waals surface area (Å²) in [7, 11) is 0. The zero-order valence-electron chi connectivity index (χ0n) is 20.4. The summed E-state index contributed by atoms with van der Waals surface area (Å²) < 4.78 is 5.33. The molecule has 0 bridgehead atoms.